The van der Waals surface area contributed by atoms with Gasteiger partial charge in [0.05, 0.1) is 11.3 Å². The van der Waals surface area contributed by atoms with Gasteiger partial charge < -0.3 is 0 Å². The van der Waals surface area contributed by atoms with Gasteiger partial charge in [-0.2, -0.15) is 5.10 Å². The van der Waals surface area contributed by atoms with E-state index in [-0.39, 0.29) is 5.78 Å². The lowest BCUT2D eigenvalue weighted by Crippen LogP contribution is -2.02. The zero-order valence-corrected chi connectivity index (χ0v) is 10.2. The molecule has 0 fully saturated rings. The number of aryl methyl sites for hydroxylation is 2. The van der Waals surface area contributed by atoms with Crippen molar-refractivity contribution >= 4 is 5.78 Å². The number of carbonyl (C=O) groups is 1. The van der Waals surface area contributed by atoms with Gasteiger partial charge in [0.25, 0.3) is 0 Å². The predicted molar refractivity (Wildman–Crippen MR) is 67.2 cm³/mol. The summed E-state index contributed by atoms with van der Waals surface area (Å²) in [6.07, 6.45) is 2.62. The summed E-state index contributed by atoms with van der Waals surface area (Å²) in [5, 5.41) is 4.39. The third kappa shape index (κ3) is 2.28. The van der Waals surface area contributed by atoms with Crippen LogP contribution in [-0.2, 0) is 13.0 Å². The van der Waals surface area contributed by atoms with E-state index in [1.807, 2.05) is 55.1 Å². The van der Waals surface area contributed by atoms with Crippen molar-refractivity contribution in [3.8, 4) is 0 Å². The van der Waals surface area contributed by atoms with Crippen molar-refractivity contribution in [1.29, 1.82) is 0 Å². The fourth-order valence-corrected chi connectivity index (χ4v) is 1.82. The van der Waals surface area contributed by atoms with Crippen LogP contribution in [0.1, 0.15) is 35.5 Å². The van der Waals surface area contributed by atoms with Crippen LogP contribution >= 0.6 is 0 Å². The van der Waals surface area contributed by atoms with Gasteiger partial charge in [0.15, 0.2) is 5.78 Å². The second-order valence-corrected chi connectivity index (χ2v) is 3.89. The highest BCUT2D eigenvalue weighted by molar-refractivity contribution is 6.09. The van der Waals surface area contributed by atoms with Crippen molar-refractivity contribution in [3.05, 3.63) is 53.3 Å². The molecule has 0 bridgehead atoms. The normalized spacial score (nSPS) is 10.5. The minimum absolute atomic E-state index is 0.0575. The van der Waals surface area contributed by atoms with Crippen molar-refractivity contribution in [2.45, 2.75) is 26.8 Å². The highest BCUT2D eigenvalue weighted by Gasteiger charge is 2.16. The Morgan fingerprint density at radius 3 is 2.53 bits per heavy atom. The first-order chi connectivity index (χ1) is 8.26. The van der Waals surface area contributed by atoms with Gasteiger partial charge in [-0.1, -0.05) is 37.3 Å². The Bertz CT molecular complexity index is 514. The Kier molecular flexibility index (Phi) is 3.38. The number of ketones is 1. The molecule has 0 spiro atoms. The highest BCUT2D eigenvalue weighted by Crippen LogP contribution is 2.14. The zero-order valence-electron chi connectivity index (χ0n) is 10.2. The smallest absolute Gasteiger partial charge is 0.196 e. The van der Waals surface area contributed by atoms with Crippen LogP contribution in [0, 0.1) is 0 Å². The Labute approximate surface area is 101 Å². The summed E-state index contributed by atoms with van der Waals surface area (Å²) in [6.45, 7) is 4.82. The van der Waals surface area contributed by atoms with E-state index >= 15 is 0 Å². The molecule has 0 saturated carbocycles. The van der Waals surface area contributed by atoms with Gasteiger partial charge in [-0.3, -0.25) is 9.48 Å². The third-order valence-corrected chi connectivity index (χ3v) is 2.78. The Morgan fingerprint density at radius 1 is 1.24 bits per heavy atom. The molecule has 1 aromatic carbocycles. The van der Waals surface area contributed by atoms with E-state index < -0.39 is 0 Å². The van der Waals surface area contributed by atoms with Crippen LogP contribution in [0.25, 0.3) is 0 Å². The maximum atomic E-state index is 12.3. The second-order valence-electron chi connectivity index (χ2n) is 3.89. The largest absolute Gasteiger partial charge is 0.288 e. The first-order valence-corrected chi connectivity index (χ1v) is 5.92. The molecule has 88 valence electrons. The average Bonchev–Trinajstić information content (AvgIpc) is 2.82. The monoisotopic (exact) mass is 228 g/mol. The van der Waals surface area contributed by atoms with Crippen molar-refractivity contribution in [2.24, 2.45) is 0 Å². The first kappa shape index (κ1) is 11.6. The van der Waals surface area contributed by atoms with Gasteiger partial charge in [0.2, 0.25) is 0 Å². The summed E-state index contributed by atoms with van der Waals surface area (Å²) in [7, 11) is 0. The van der Waals surface area contributed by atoms with Crippen LogP contribution in [-0.4, -0.2) is 15.6 Å². The fourth-order valence-electron chi connectivity index (χ4n) is 1.82. The average molecular weight is 228 g/mol. The van der Waals surface area contributed by atoms with Crippen molar-refractivity contribution in [3.63, 3.8) is 0 Å². The molecule has 0 aliphatic rings. The molecular weight excluding hydrogens is 212 g/mol. The number of hydrogen-bond acceptors (Lipinski definition) is 2. The number of aromatic nitrogens is 2. The summed E-state index contributed by atoms with van der Waals surface area (Å²) >= 11 is 0. The molecule has 0 N–H and O–H groups in total. The number of carbonyl (C=O) groups excluding carboxylic acids is 1. The van der Waals surface area contributed by atoms with Gasteiger partial charge in [0.1, 0.15) is 0 Å². The molecule has 2 rings (SSSR count). The van der Waals surface area contributed by atoms with Crippen LogP contribution in [0.4, 0.5) is 0 Å². The van der Waals surface area contributed by atoms with Gasteiger partial charge in [-0.05, 0) is 13.3 Å². The lowest BCUT2D eigenvalue weighted by Gasteiger charge is -1.99. The van der Waals surface area contributed by atoms with E-state index in [0.29, 0.717) is 0 Å². The molecule has 0 aliphatic carbocycles. The van der Waals surface area contributed by atoms with E-state index in [2.05, 4.69) is 5.10 Å². The number of nitrogens with zero attached hydrogens (tertiary/aromatic N) is 2. The molecule has 3 nitrogen and oxygen atoms in total. The van der Waals surface area contributed by atoms with E-state index in [4.69, 9.17) is 0 Å². The molecule has 0 amide bonds. The Balaban J connectivity index is 2.40. The third-order valence-electron chi connectivity index (χ3n) is 2.78. The standard InChI is InChI=1S/C14H16N2O/c1-3-13-12(10-16(4-2)15-13)14(17)11-8-6-5-7-9-11/h5-10H,3-4H2,1-2H3. The van der Waals surface area contributed by atoms with Crippen LogP contribution < -0.4 is 0 Å². The summed E-state index contributed by atoms with van der Waals surface area (Å²) in [5.41, 5.74) is 2.32. The molecule has 0 saturated heterocycles. The summed E-state index contributed by atoms with van der Waals surface area (Å²) < 4.78 is 1.81. The molecule has 3 heteroatoms. The van der Waals surface area contributed by atoms with E-state index in [9.17, 15) is 4.79 Å². The number of hydrogen-bond donors (Lipinski definition) is 0. The second kappa shape index (κ2) is 4.95. The molecular formula is C14H16N2O. The maximum Gasteiger partial charge on any atom is 0.196 e. The number of rotatable bonds is 4. The fraction of sp³-hybridized carbons (Fsp3) is 0.286. The molecule has 17 heavy (non-hydrogen) atoms. The van der Waals surface area contributed by atoms with Gasteiger partial charge >= 0.3 is 0 Å². The van der Waals surface area contributed by atoms with Crippen molar-refractivity contribution < 1.29 is 4.79 Å². The van der Waals surface area contributed by atoms with E-state index in [1.165, 1.54) is 0 Å². The van der Waals surface area contributed by atoms with E-state index in [0.717, 1.165) is 29.8 Å². The lowest BCUT2D eigenvalue weighted by molar-refractivity contribution is 0.103. The van der Waals surface area contributed by atoms with Crippen LogP contribution in [0.2, 0.25) is 0 Å². The molecule has 1 aromatic heterocycles. The van der Waals surface area contributed by atoms with Crippen LogP contribution in [0.15, 0.2) is 36.5 Å². The van der Waals surface area contributed by atoms with Crippen LogP contribution in [0.5, 0.6) is 0 Å². The SMILES string of the molecule is CCc1nn(CC)cc1C(=O)c1ccccc1. The van der Waals surface area contributed by atoms with Gasteiger partial charge in [-0.25, -0.2) is 0 Å². The summed E-state index contributed by atoms with van der Waals surface area (Å²) in [5.74, 6) is 0.0575. The van der Waals surface area contributed by atoms with Crippen molar-refractivity contribution in [2.75, 3.05) is 0 Å². The van der Waals surface area contributed by atoms with E-state index in [1.54, 1.807) is 0 Å². The minimum Gasteiger partial charge on any atom is -0.288 e. The molecule has 1 heterocycles. The molecule has 2 aromatic rings. The van der Waals surface area contributed by atoms with Gasteiger partial charge in [0, 0.05) is 18.3 Å². The molecule has 0 aliphatic heterocycles. The number of benzene rings is 1. The predicted octanol–water partition coefficient (Wildman–Crippen LogP) is 2.70. The molecule has 0 atom stereocenters. The highest BCUT2D eigenvalue weighted by atomic mass is 16.1. The quantitative estimate of drug-likeness (QED) is 0.754. The van der Waals surface area contributed by atoms with Crippen molar-refractivity contribution in [1.82, 2.24) is 9.78 Å². The van der Waals surface area contributed by atoms with Crippen LogP contribution in [0.3, 0.4) is 0 Å². The Morgan fingerprint density at radius 2 is 1.94 bits per heavy atom. The molecule has 0 unspecified atom stereocenters. The summed E-state index contributed by atoms with van der Waals surface area (Å²) in [4.78, 5) is 12.3. The molecule has 0 radical (unpaired) electrons. The minimum atomic E-state index is 0.0575. The first-order valence-electron chi connectivity index (χ1n) is 5.92. The lowest BCUT2D eigenvalue weighted by atomic mass is 10.0. The Hall–Kier alpha value is -1.90. The summed E-state index contributed by atoms with van der Waals surface area (Å²) in [6, 6.07) is 9.34. The zero-order chi connectivity index (χ0) is 12.3. The van der Waals surface area contributed by atoms with Gasteiger partial charge in [-0.15, -0.1) is 0 Å². The maximum absolute atomic E-state index is 12.3. The topological polar surface area (TPSA) is 34.9 Å².